The highest BCUT2D eigenvalue weighted by molar-refractivity contribution is 4.76. The van der Waals surface area contributed by atoms with Crippen LogP contribution in [0, 0.1) is 5.92 Å². The van der Waals surface area contributed by atoms with E-state index in [1.807, 2.05) is 6.92 Å². The molecule has 0 bridgehead atoms. The average molecular weight is 185 g/mol. The molecule has 0 radical (unpaired) electrons. The Hall–Kier alpha value is -0.0800. The zero-order valence-corrected chi connectivity index (χ0v) is 9.00. The van der Waals surface area contributed by atoms with Gasteiger partial charge in [-0.25, -0.2) is 0 Å². The van der Waals surface area contributed by atoms with E-state index in [9.17, 15) is 0 Å². The van der Waals surface area contributed by atoms with Gasteiger partial charge >= 0.3 is 0 Å². The van der Waals surface area contributed by atoms with Crippen molar-refractivity contribution in [2.75, 3.05) is 19.6 Å². The summed E-state index contributed by atoms with van der Waals surface area (Å²) in [5.74, 6) is 0.992. The number of aliphatic hydroxyl groups excluding tert-OH is 1. The lowest BCUT2D eigenvalue weighted by molar-refractivity contribution is 0.170. The van der Waals surface area contributed by atoms with Gasteiger partial charge in [0, 0.05) is 6.54 Å². The van der Waals surface area contributed by atoms with Crippen LogP contribution in [0.3, 0.4) is 0 Å². The second-order valence-corrected chi connectivity index (χ2v) is 4.33. The molecule has 0 aromatic heterocycles. The summed E-state index contributed by atoms with van der Waals surface area (Å²) in [7, 11) is 0. The minimum absolute atomic E-state index is 0.125. The van der Waals surface area contributed by atoms with Gasteiger partial charge in [-0.3, -0.25) is 0 Å². The maximum absolute atomic E-state index is 9.11. The molecule has 78 valence electrons. The van der Waals surface area contributed by atoms with E-state index in [1.165, 1.54) is 19.4 Å². The fourth-order valence-corrected chi connectivity index (χ4v) is 1.65. The van der Waals surface area contributed by atoms with Gasteiger partial charge in [-0.15, -0.1) is 0 Å². The SMILES string of the molecule is CCN(CCCC(C)O)CC1CC1. The van der Waals surface area contributed by atoms with Crippen molar-refractivity contribution in [3.8, 4) is 0 Å². The highest BCUT2D eigenvalue weighted by Gasteiger charge is 2.23. The Morgan fingerprint density at radius 3 is 2.62 bits per heavy atom. The lowest BCUT2D eigenvalue weighted by Gasteiger charge is -2.20. The number of hydrogen-bond acceptors (Lipinski definition) is 2. The number of aliphatic hydroxyl groups is 1. The number of rotatable bonds is 7. The minimum Gasteiger partial charge on any atom is -0.393 e. The molecule has 1 rings (SSSR count). The number of nitrogens with zero attached hydrogens (tertiary/aromatic N) is 1. The predicted molar refractivity (Wildman–Crippen MR) is 55.8 cm³/mol. The van der Waals surface area contributed by atoms with E-state index < -0.39 is 0 Å². The van der Waals surface area contributed by atoms with Crippen LogP contribution in [0.4, 0.5) is 0 Å². The maximum Gasteiger partial charge on any atom is 0.0512 e. The fourth-order valence-electron chi connectivity index (χ4n) is 1.65. The van der Waals surface area contributed by atoms with E-state index in [-0.39, 0.29) is 6.10 Å². The molecular formula is C11H23NO. The van der Waals surface area contributed by atoms with Gasteiger partial charge < -0.3 is 10.0 Å². The van der Waals surface area contributed by atoms with Gasteiger partial charge in [0.1, 0.15) is 0 Å². The van der Waals surface area contributed by atoms with Crippen LogP contribution >= 0.6 is 0 Å². The number of hydrogen-bond donors (Lipinski definition) is 1. The smallest absolute Gasteiger partial charge is 0.0512 e. The Balaban J connectivity index is 2.01. The topological polar surface area (TPSA) is 23.5 Å². The quantitative estimate of drug-likeness (QED) is 0.654. The van der Waals surface area contributed by atoms with Crippen LogP contribution in [-0.4, -0.2) is 35.7 Å². The van der Waals surface area contributed by atoms with Gasteiger partial charge in [0.25, 0.3) is 0 Å². The van der Waals surface area contributed by atoms with Gasteiger partial charge in [-0.05, 0) is 51.6 Å². The summed E-state index contributed by atoms with van der Waals surface area (Å²) >= 11 is 0. The summed E-state index contributed by atoms with van der Waals surface area (Å²) in [4.78, 5) is 2.51. The highest BCUT2D eigenvalue weighted by atomic mass is 16.3. The maximum atomic E-state index is 9.11. The second kappa shape index (κ2) is 5.61. The molecule has 0 aliphatic heterocycles. The summed E-state index contributed by atoms with van der Waals surface area (Å²) in [5.41, 5.74) is 0. The monoisotopic (exact) mass is 185 g/mol. The van der Waals surface area contributed by atoms with Crippen LogP contribution < -0.4 is 0 Å². The van der Waals surface area contributed by atoms with Crippen LogP contribution in [0.15, 0.2) is 0 Å². The van der Waals surface area contributed by atoms with E-state index in [0.717, 1.165) is 31.8 Å². The first-order chi connectivity index (χ1) is 6.22. The Kier molecular flexibility index (Phi) is 4.74. The third kappa shape index (κ3) is 5.27. The molecule has 2 heteroatoms. The van der Waals surface area contributed by atoms with Crippen molar-refractivity contribution >= 4 is 0 Å². The predicted octanol–water partition coefficient (Wildman–Crippen LogP) is 1.88. The molecule has 1 unspecified atom stereocenters. The Morgan fingerprint density at radius 2 is 2.15 bits per heavy atom. The molecule has 1 fully saturated rings. The van der Waals surface area contributed by atoms with E-state index in [2.05, 4.69) is 11.8 Å². The summed E-state index contributed by atoms with van der Waals surface area (Å²) < 4.78 is 0. The third-order valence-corrected chi connectivity index (χ3v) is 2.76. The van der Waals surface area contributed by atoms with Crippen molar-refractivity contribution in [2.24, 2.45) is 5.92 Å². The van der Waals surface area contributed by atoms with Gasteiger partial charge in [0.05, 0.1) is 6.10 Å². The molecular weight excluding hydrogens is 162 g/mol. The third-order valence-electron chi connectivity index (χ3n) is 2.76. The van der Waals surface area contributed by atoms with E-state index in [0.29, 0.717) is 0 Å². The zero-order valence-electron chi connectivity index (χ0n) is 9.00. The van der Waals surface area contributed by atoms with Crippen molar-refractivity contribution in [1.82, 2.24) is 4.90 Å². The molecule has 1 aliphatic carbocycles. The average Bonchev–Trinajstić information content (AvgIpc) is 2.86. The molecule has 2 nitrogen and oxygen atoms in total. The molecule has 1 saturated carbocycles. The summed E-state index contributed by atoms with van der Waals surface area (Å²) in [6.07, 6.45) is 4.83. The molecule has 0 heterocycles. The van der Waals surface area contributed by atoms with E-state index >= 15 is 0 Å². The molecule has 13 heavy (non-hydrogen) atoms. The van der Waals surface area contributed by atoms with Gasteiger partial charge in [0.2, 0.25) is 0 Å². The highest BCUT2D eigenvalue weighted by Crippen LogP contribution is 2.29. The molecule has 0 aromatic carbocycles. The largest absolute Gasteiger partial charge is 0.393 e. The first-order valence-electron chi connectivity index (χ1n) is 5.62. The first-order valence-corrected chi connectivity index (χ1v) is 5.62. The van der Waals surface area contributed by atoms with Crippen LogP contribution in [0.5, 0.6) is 0 Å². The van der Waals surface area contributed by atoms with Crippen molar-refractivity contribution in [3.63, 3.8) is 0 Å². The van der Waals surface area contributed by atoms with Crippen molar-refractivity contribution in [1.29, 1.82) is 0 Å². The summed E-state index contributed by atoms with van der Waals surface area (Å²) in [5, 5.41) is 9.11. The molecule has 0 spiro atoms. The van der Waals surface area contributed by atoms with Gasteiger partial charge in [-0.2, -0.15) is 0 Å². The van der Waals surface area contributed by atoms with Crippen LogP contribution in [0.25, 0.3) is 0 Å². The van der Waals surface area contributed by atoms with E-state index in [1.54, 1.807) is 0 Å². The van der Waals surface area contributed by atoms with E-state index in [4.69, 9.17) is 5.11 Å². The summed E-state index contributed by atoms with van der Waals surface area (Å²) in [6.45, 7) is 7.71. The molecule has 0 saturated heterocycles. The Bertz CT molecular complexity index is 132. The lowest BCUT2D eigenvalue weighted by atomic mass is 10.2. The Morgan fingerprint density at radius 1 is 1.46 bits per heavy atom. The Labute approximate surface area is 81.9 Å². The van der Waals surface area contributed by atoms with Crippen molar-refractivity contribution in [2.45, 2.75) is 45.6 Å². The van der Waals surface area contributed by atoms with Crippen LogP contribution in [-0.2, 0) is 0 Å². The fraction of sp³-hybridized carbons (Fsp3) is 1.00. The molecule has 0 aromatic rings. The van der Waals surface area contributed by atoms with Crippen molar-refractivity contribution < 1.29 is 5.11 Å². The zero-order chi connectivity index (χ0) is 9.68. The molecule has 1 aliphatic rings. The van der Waals surface area contributed by atoms with Crippen LogP contribution in [0.1, 0.15) is 39.5 Å². The van der Waals surface area contributed by atoms with Gasteiger partial charge in [-0.1, -0.05) is 6.92 Å². The molecule has 1 atom stereocenters. The standard InChI is InChI=1S/C11H23NO/c1-3-12(9-11-6-7-11)8-4-5-10(2)13/h10-11,13H,3-9H2,1-2H3. The van der Waals surface area contributed by atoms with Gasteiger partial charge in [0.15, 0.2) is 0 Å². The van der Waals surface area contributed by atoms with Crippen LogP contribution in [0.2, 0.25) is 0 Å². The molecule has 0 amide bonds. The normalized spacial score (nSPS) is 19.4. The second-order valence-electron chi connectivity index (χ2n) is 4.33. The first kappa shape index (κ1) is 11.0. The lowest BCUT2D eigenvalue weighted by Crippen LogP contribution is -2.27. The molecule has 1 N–H and O–H groups in total. The summed E-state index contributed by atoms with van der Waals surface area (Å²) in [6, 6.07) is 0. The minimum atomic E-state index is -0.125. The van der Waals surface area contributed by atoms with Crippen molar-refractivity contribution in [3.05, 3.63) is 0 Å².